The maximum atomic E-state index is 12.2. The molecule has 156 valence electrons. The van der Waals surface area contributed by atoms with E-state index in [0.29, 0.717) is 17.8 Å². The normalized spacial score (nSPS) is 14.7. The molecule has 1 heterocycles. The number of carbonyl (C=O) groups is 2. The first-order valence-corrected chi connectivity index (χ1v) is 11.3. The van der Waals surface area contributed by atoms with Gasteiger partial charge in [0.15, 0.2) is 0 Å². The van der Waals surface area contributed by atoms with Crippen LogP contribution in [0.3, 0.4) is 0 Å². The van der Waals surface area contributed by atoms with Gasteiger partial charge in [-0.3, -0.25) is 13.9 Å². The summed E-state index contributed by atoms with van der Waals surface area (Å²) in [6, 6.07) is 6.20. The third-order valence-corrected chi connectivity index (χ3v) is 5.81. The molecular weight excluding hydrogens is 380 g/mol. The Morgan fingerprint density at radius 3 is 2.25 bits per heavy atom. The van der Waals surface area contributed by atoms with Crippen LogP contribution in [0.4, 0.5) is 5.69 Å². The summed E-state index contributed by atoms with van der Waals surface area (Å²) < 4.78 is 25.4. The first-order chi connectivity index (χ1) is 13.2. The van der Waals surface area contributed by atoms with Crippen molar-refractivity contribution < 1.29 is 18.0 Å². The Bertz CT molecular complexity index is 772. The van der Waals surface area contributed by atoms with Crippen molar-refractivity contribution in [3.8, 4) is 0 Å². The number of hydrogen-bond donors (Lipinski definition) is 1. The predicted molar refractivity (Wildman–Crippen MR) is 110 cm³/mol. The number of amides is 2. The maximum Gasteiger partial charge on any atom is 0.253 e. The van der Waals surface area contributed by atoms with Gasteiger partial charge in [-0.1, -0.05) is 0 Å². The van der Waals surface area contributed by atoms with E-state index in [1.165, 1.54) is 17.7 Å². The van der Waals surface area contributed by atoms with Crippen LogP contribution in [0.15, 0.2) is 24.3 Å². The molecule has 1 aromatic rings. The summed E-state index contributed by atoms with van der Waals surface area (Å²) in [5.74, 6) is -0.520. The number of rotatable bonds is 9. The zero-order valence-corrected chi connectivity index (χ0v) is 17.7. The average molecular weight is 411 g/mol. The standard InChI is InChI=1S/C19H30N4O4S/c1-21(2)19(25)16-7-9-17(10-8-16)23(28(3,26)27)15-18(24)20-11-6-14-22-12-4-5-13-22/h7-10H,4-6,11-15H2,1-3H3,(H,20,24). The molecule has 1 aliphatic rings. The fraction of sp³-hybridized carbons (Fsp3) is 0.579. The van der Waals surface area contributed by atoms with Crippen molar-refractivity contribution in [1.29, 1.82) is 0 Å². The monoisotopic (exact) mass is 410 g/mol. The second kappa shape index (κ2) is 9.88. The third-order valence-electron chi connectivity index (χ3n) is 4.67. The molecule has 1 aliphatic heterocycles. The zero-order chi connectivity index (χ0) is 20.7. The van der Waals surface area contributed by atoms with E-state index in [4.69, 9.17) is 0 Å². The molecule has 0 unspecified atom stereocenters. The molecule has 0 spiro atoms. The Labute approximate surface area is 167 Å². The lowest BCUT2D eigenvalue weighted by atomic mass is 10.2. The lowest BCUT2D eigenvalue weighted by molar-refractivity contribution is -0.119. The number of nitrogens with one attached hydrogen (secondary N) is 1. The number of carbonyl (C=O) groups excluding carboxylic acids is 2. The molecule has 0 aromatic heterocycles. The van der Waals surface area contributed by atoms with Crippen LogP contribution in [0.2, 0.25) is 0 Å². The molecule has 9 heteroatoms. The van der Waals surface area contributed by atoms with E-state index in [-0.39, 0.29) is 18.4 Å². The van der Waals surface area contributed by atoms with Crippen LogP contribution < -0.4 is 9.62 Å². The van der Waals surface area contributed by atoms with Gasteiger partial charge in [0.05, 0.1) is 11.9 Å². The van der Waals surface area contributed by atoms with Crippen LogP contribution in [-0.4, -0.2) is 83.1 Å². The van der Waals surface area contributed by atoms with Crippen molar-refractivity contribution in [2.75, 3.05) is 57.4 Å². The largest absolute Gasteiger partial charge is 0.354 e. The highest BCUT2D eigenvalue weighted by Gasteiger charge is 2.21. The number of anilines is 1. The highest BCUT2D eigenvalue weighted by atomic mass is 32.2. The highest BCUT2D eigenvalue weighted by molar-refractivity contribution is 7.92. The van der Waals surface area contributed by atoms with Crippen molar-refractivity contribution in [1.82, 2.24) is 15.1 Å². The van der Waals surface area contributed by atoms with Crippen molar-refractivity contribution in [3.05, 3.63) is 29.8 Å². The molecule has 8 nitrogen and oxygen atoms in total. The van der Waals surface area contributed by atoms with Gasteiger partial charge in [0.1, 0.15) is 6.54 Å². The molecular formula is C19H30N4O4S. The minimum atomic E-state index is -3.64. The first kappa shape index (κ1) is 22.2. The highest BCUT2D eigenvalue weighted by Crippen LogP contribution is 2.18. The lowest BCUT2D eigenvalue weighted by Gasteiger charge is -2.22. The van der Waals surface area contributed by atoms with Crippen LogP contribution in [0.25, 0.3) is 0 Å². The third kappa shape index (κ3) is 6.49. The summed E-state index contributed by atoms with van der Waals surface area (Å²) in [5, 5.41) is 2.79. The number of likely N-dealkylation sites (tertiary alicyclic amines) is 1. The Morgan fingerprint density at radius 1 is 1.11 bits per heavy atom. The van der Waals surface area contributed by atoms with Crippen LogP contribution >= 0.6 is 0 Å². The van der Waals surface area contributed by atoms with E-state index < -0.39 is 10.0 Å². The second-order valence-electron chi connectivity index (χ2n) is 7.27. The average Bonchev–Trinajstić information content (AvgIpc) is 3.15. The molecule has 0 bridgehead atoms. The Balaban J connectivity index is 1.93. The van der Waals surface area contributed by atoms with Gasteiger partial charge in [-0.15, -0.1) is 0 Å². The second-order valence-corrected chi connectivity index (χ2v) is 9.18. The van der Waals surface area contributed by atoms with Crippen molar-refractivity contribution in [3.63, 3.8) is 0 Å². The van der Waals surface area contributed by atoms with Crippen LogP contribution in [0.1, 0.15) is 29.6 Å². The van der Waals surface area contributed by atoms with E-state index in [2.05, 4.69) is 10.2 Å². The Morgan fingerprint density at radius 2 is 1.71 bits per heavy atom. The molecule has 2 rings (SSSR count). The molecule has 0 radical (unpaired) electrons. The molecule has 1 aromatic carbocycles. The molecule has 0 saturated carbocycles. The van der Waals surface area contributed by atoms with E-state index in [1.54, 1.807) is 38.4 Å². The van der Waals surface area contributed by atoms with Crippen molar-refractivity contribution in [2.24, 2.45) is 0 Å². The predicted octanol–water partition coefficient (Wildman–Crippen LogP) is 0.757. The fourth-order valence-corrected chi connectivity index (χ4v) is 4.01. The van der Waals surface area contributed by atoms with Gasteiger partial charge in [0.25, 0.3) is 5.91 Å². The minimum Gasteiger partial charge on any atom is -0.354 e. The van der Waals surface area contributed by atoms with E-state index in [9.17, 15) is 18.0 Å². The summed E-state index contributed by atoms with van der Waals surface area (Å²) >= 11 is 0. The minimum absolute atomic E-state index is 0.173. The smallest absolute Gasteiger partial charge is 0.253 e. The van der Waals surface area contributed by atoms with Gasteiger partial charge in [-0.2, -0.15) is 0 Å². The van der Waals surface area contributed by atoms with E-state index in [0.717, 1.165) is 36.6 Å². The zero-order valence-electron chi connectivity index (χ0n) is 16.8. The van der Waals surface area contributed by atoms with Crippen LogP contribution in [0, 0.1) is 0 Å². The van der Waals surface area contributed by atoms with Gasteiger partial charge in [0.2, 0.25) is 15.9 Å². The number of sulfonamides is 1. The lowest BCUT2D eigenvalue weighted by Crippen LogP contribution is -2.41. The van der Waals surface area contributed by atoms with E-state index >= 15 is 0 Å². The molecule has 0 aliphatic carbocycles. The Kier molecular flexibility index (Phi) is 7.82. The Hall–Kier alpha value is -2.13. The maximum absolute atomic E-state index is 12.2. The molecule has 28 heavy (non-hydrogen) atoms. The summed E-state index contributed by atoms with van der Waals surface area (Å²) in [4.78, 5) is 28.0. The fourth-order valence-electron chi connectivity index (χ4n) is 3.15. The topological polar surface area (TPSA) is 90.0 Å². The quantitative estimate of drug-likeness (QED) is 0.607. The molecule has 1 saturated heterocycles. The molecule has 1 fully saturated rings. The van der Waals surface area contributed by atoms with Gasteiger partial charge in [-0.05, 0) is 63.2 Å². The van der Waals surface area contributed by atoms with Gasteiger partial charge >= 0.3 is 0 Å². The number of benzene rings is 1. The molecule has 0 atom stereocenters. The summed E-state index contributed by atoms with van der Waals surface area (Å²) in [6.45, 7) is 3.40. The van der Waals surface area contributed by atoms with Gasteiger partial charge < -0.3 is 15.1 Å². The SMILES string of the molecule is CN(C)C(=O)c1ccc(N(CC(=O)NCCCN2CCCC2)S(C)(=O)=O)cc1. The number of nitrogens with zero attached hydrogens (tertiary/aromatic N) is 3. The van der Waals surface area contributed by atoms with Crippen molar-refractivity contribution >= 4 is 27.5 Å². The molecule has 1 N–H and O–H groups in total. The van der Waals surface area contributed by atoms with Crippen LogP contribution in [-0.2, 0) is 14.8 Å². The van der Waals surface area contributed by atoms with Gasteiger partial charge in [-0.25, -0.2) is 8.42 Å². The summed E-state index contributed by atoms with van der Waals surface area (Å²) in [6.07, 6.45) is 4.36. The molecule has 2 amide bonds. The first-order valence-electron chi connectivity index (χ1n) is 9.47. The van der Waals surface area contributed by atoms with Crippen molar-refractivity contribution in [2.45, 2.75) is 19.3 Å². The van der Waals surface area contributed by atoms with E-state index in [1.807, 2.05) is 0 Å². The van der Waals surface area contributed by atoms with Crippen LogP contribution in [0.5, 0.6) is 0 Å². The van der Waals surface area contributed by atoms with Gasteiger partial charge in [0, 0.05) is 26.2 Å². The summed E-state index contributed by atoms with van der Waals surface area (Å²) in [7, 11) is -0.345. The summed E-state index contributed by atoms with van der Waals surface area (Å²) in [5.41, 5.74) is 0.804. The number of hydrogen-bond acceptors (Lipinski definition) is 5.